The molecule has 25 atom stereocenters. The van der Waals surface area contributed by atoms with Gasteiger partial charge in [-0.2, -0.15) is 0 Å². The Morgan fingerprint density at radius 2 is 1.32 bits per heavy atom. The van der Waals surface area contributed by atoms with Crippen LogP contribution in [0.2, 0.25) is 0 Å². The molecule has 5 aliphatic carbocycles. The van der Waals surface area contributed by atoms with Gasteiger partial charge in [-0.25, -0.2) is 4.79 Å². The van der Waals surface area contributed by atoms with Crippen LogP contribution in [-0.4, -0.2) is 211 Å². The maximum absolute atomic E-state index is 13.8. The first-order chi connectivity index (χ1) is 35.6. The molecular weight excluding hydrogens is 995 g/mol. The van der Waals surface area contributed by atoms with Gasteiger partial charge in [-0.1, -0.05) is 72.2 Å². The van der Waals surface area contributed by atoms with Gasteiger partial charge in [0, 0.05) is 18.2 Å². The third kappa shape index (κ3) is 9.21. The van der Waals surface area contributed by atoms with Crippen LogP contribution in [0.5, 0.6) is 0 Å². The van der Waals surface area contributed by atoms with Crippen molar-refractivity contribution < 1.29 is 99.2 Å². The minimum Gasteiger partial charge on any atom is -0.455 e. The van der Waals surface area contributed by atoms with Crippen LogP contribution >= 0.6 is 0 Å². The number of carbonyl (C=O) groups excluding carboxylic acids is 1. The molecule has 1 aromatic carbocycles. The molecule has 21 nitrogen and oxygen atoms in total. The van der Waals surface area contributed by atoms with Crippen molar-refractivity contribution >= 4 is 11.7 Å². The van der Waals surface area contributed by atoms with Crippen molar-refractivity contribution in [1.82, 2.24) is 0 Å². The van der Waals surface area contributed by atoms with Crippen LogP contribution in [0.1, 0.15) is 104 Å². The molecule has 3 saturated heterocycles. The Kier molecular flexibility index (Phi) is 16.2. The summed E-state index contributed by atoms with van der Waals surface area (Å²) >= 11 is 0. The Bertz CT molecular complexity index is 2270. The summed E-state index contributed by atoms with van der Waals surface area (Å²) in [6.07, 6.45) is -19.4. The standard InChI is InChI=1S/C55H85NO20/c1-50(2)19-27-26-13-14-33-52(5)17-16-35(75-49-43(67)40(64)38(62)31(74-49)23-72-48-42(66)39(63)37(61)30(73-48)22-71-47-41(65)36(60)29(58)21-70-47)51(3,4)32(52)15-18-53(33,6)54(26,7)20-34(59)55(27,24-57)44(68)45(50)76-46(69)25-11-9-10-12-28(25)56-8/h9-13,27,29-45,47-49,56-68H,14-24H2,1-8H3/t27-,29+,30+,31+,32?,33?,34-,35-,36-,37+,38+,39-,40-,41+,42+,43+,44-,45-,47-,48+,49-,52-,53+,54+,55-/m0/s1. The molecule has 1 aromatic rings. The summed E-state index contributed by atoms with van der Waals surface area (Å²) in [7, 11) is 1.71. The zero-order valence-electron chi connectivity index (χ0n) is 44.9. The minimum atomic E-state index is -1.80. The number of carbonyl (C=O) groups is 1. The van der Waals surface area contributed by atoms with Gasteiger partial charge in [0.2, 0.25) is 0 Å². The number of fused-ring (bicyclic) bond motifs is 7. The topological polar surface area (TPSA) is 336 Å². The van der Waals surface area contributed by atoms with Gasteiger partial charge in [-0.3, -0.25) is 0 Å². The number of anilines is 1. The van der Waals surface area contributed by atoms with Gasteiger partial charge in [0.15, 0.2) is 18.9 Å². The van der Waals surface area contributed by atoms with Crippen molar-refractivity contribution in [2.75, 3.05) is 38.8 Å². The van der Waals surface area contributed by atoms with Crippen LogP contribution in [0.4, 0.5) is 5.69 Å². The van der Waals surface area contributed by atoms with Crippen LogP contribution in [0.3, 0.4) is 0 Å². The molecule has 2 unspecified atom stereocenters. The number of allylic oxidation sites excluding steroid dienone is 2. The fourth-order valence-electron chi connectivity index (χ4n) is 16.2. The van der Waals surface area contributed by atoms with Crippen molar-refractivity contribution in [3.05, 3.63) is 41.5 Å². The average molecular weight is 1080 g/mol. The Morgan fingerprint density at radius 3 is 1.96 bits per heavy atom. The molecular formula is C55H85NO20. The summed E-state index contributed by atoms with van der Waals surface area (Å²) < 4.78 is 41.3. The molecule has 21 heteroatoms. The fourth-order valence-corrected chi connectivity index (χ4v) is 16.2. The Balaban J connectivity index is 0.882. The van der Waals surface area contributed by atoms with Crippen molar-refractivity contribution in [1.29, 1.82) is 0 Å². The van der Waals surface area contributed by atoms with Crippen LogP contribution in [0.25, 0.3) is 0 Å². The van der Waals surface area contributed by atoms with Gasteiger partial charge in [-0.05, 0) is 96.5 Å². The van der Waals surface area contributed by atoms with E-state index >= 15 is 0 Å². The van der Waals surface area contributed by atoms with E-state index in [-0.39, 0.29) is 35.7 Å². The lowest BCUT2D eigenvalue weighted by atomic mass is 9.33. The summed E-state index contributed by atoms with van der Waals surface area (Å²) in [6, 6.07) is 6.98. The maximum Gasteiger partial charge on any atom is 0.340 e. The van der Waals surface area contributed by atoms with E-state index in [2.05, 4.69) is 46.0 Å². The fraction of sp³-hybridized carbons (Fsp3) is 0.836. The number of benzene rings is 1. The number of ether oxygens (including phenoxy) is 7. The highest BCUT2D eigenvalue weighted by atomic mass is 16.7. The Labute approximate surface area is 444 Å². The maximum atomic E-state index is 13.8. The number of aliphatic hydroxyl groups excluding tert-OH is 12. The molecule has 0 radical (unpaired) electrons. The predicted molar refractivity (Wildman–Crippen MR) is 267 cm³/mol. The number of hydrogen-bond acceptors (Lipinski definition) is 21. The number of hydrogen-bond donors (Lipinski definition) is 13. The van der Waals surface area contributed by atoms with E-state index < -0.39 is 164 Å². The number of rotatable bonds is 12. The molecule has 3 aliphatic heterocycles. The zero-order chi connectivity index (χ0) is 55.4. The van der Waals surface area contributed by atoms with Crippen molar-refractivity contribution in [2.45, 2.75) is 204 Å². The second kappa shape index (κ2) is 21.1. The molecule has 4 saturated carbocycles. The van der Waals surface area contributed by atoms with Gasteiger partial charge in [0.1, 0.15) is 79.4 Å². The van der Waals surface area contributed by atoms with Gasteiger partial charge < -0.3 is 99.8 Å². The first kappa shape index (κ1) is 58.2. The van der Waals surface area contributed by atoms with Gasteiger partial charge in [0.25, 0.3) is 0 Å². The Hall–Kier alpha value is -2.49. The van der Waals surface area contributed by atoms with E-state index in [0.29, 0.717) is 24.1 Å². The first-order valence-electron chi connectivity index (χ1n) is 27.2. The zero-order valence-corrected chi connectivity index (χ0v) is 44.9. The van der Waals surface area contributed by atoms with Crippen LogP contribution in [-0.2, 0) is 33.2 Å². The highest BCUT2D eigenvalue weighted by Crippen LogP contribution is 2.76. The monoisotopic (exact) mass is 1080 g/mol. The number of esters is 1. The van der Waals surface area contributed by atoms with E-state index in [1.807, 2.05) is 19.9 Å². The second-order valence-corrected chi connectivity index (χ2v) is 25.5. The molecule has 76 heavy (non-hydrogen) atoms. The molecule has 0 amide bonds. The van der Waals surface area contributed by atoms with Gasteiger partial charge in [0.05, 0.1) is 49.6 Å². The summed E-state index contributed by atoms with van der Waals surface area (Å²) in [5, 5.41) is 135. The first-order valence-corrected chi connectivity index (χ1v) is 27.2. The summed E-state index contributed by atoms with van der Waals surface area (Å²) in [6.45, 7) is 13.3. The summed E-state index contributed by atoms with van der Waals surface area (Å²) in [5.74, 6) is -0.764. The van der Waals surface area contributed by atoms with Gasteiger partial charge in [-0.15, -0.1) is 0 Å². The molecule has 0 spiro atoms. The van der Waals surface area contributed by atoms with E-state index in [1.54, 1.807) is 25.2 Å². The molecule has 0 bridgehead atoms. The molecule has 13 N–H and O–H groups in total. The summed E-state index contributed by atoms with van der Waals surface area (Å²) in [4.78, 5) is 13.8. The Morgan fingerprint density at radius 1 is 0.711 bits per heavy atom. The van der Waals surface area contributed by atoms with Crippen LogP contribution < -0.4 is 5.32 Å². The second-order valence-electron chi connectivity index (χ2n) is 25.5. The molecule has 7 fully saturated rings. The normalized spacial score (nSPS) is 49.7. The largest absolute Gasteiger partial charge is 0.455 e. The van der Waals surface area contributed by atoms with E-state index in [9.17, 15) is 66.1 Å². The van der Waals surface area contributed by atoms with Crippen LogP contribution in [0.15, 0.2) is 35.9 Å². The lowest BCUT2D eigenvalue weighted by Crippen LogP contribution is -2.72. The number of para-hydroxylation sites is 1. The van der Waals surface area contributed by atoms with Crippen molar-refractivity contribution in [3.63, 3.8) is 0 Å². The molecule has 3 heterocycles. The molecule has 9 rings (SSSR count). The SMILES string of the molecule is CNc1ccccc1C(=O)O[C@H]1[C@H](O)[C@]2(CO)[C@@H](O)C[C@]3(C)C(=CCC4[C@@]5(C)CC[C@H](O[C@@H]6O[C@H](CO[C@@H]7O[C@H](CO[C@@H]8OC[C@@H](O)[C@H](O)[C@H]8O)[C@@H](O)[C@H](O)[C@H]7O)[C@@H](O)[C@H](O)[C@H]6O)C(C)(C)C5CC[C@]43C)[C@@H]2CC1(C)C. The smallest absolute Gasteiger partial charge is 0.340 e. The summed E-state index contributed by atoms with van der Waals surface area (Å²) in [5.41, 5.74) is -1.71. The third-order valence-corrected chi connectivity index (χ3v) is 20.9. The number of aliphatic hydroxyl groups is 12. The average Bonchev–Trinajstić information content (AvgIpc) is 3.40. The van der Waals surface area contributed by atoms with E-state index in [0.717, 1.165) is 31.3 Å². The van der Waals surface area contributed by atoms with Crippen LogP contribution in [0, 0.1) is 50.2 Å². The number of nitrogens with one attached hydrogen (secondary N) is 1. The lowest BCUT2D eigenvalue weighted by molar-refractivity contribution is -0.348. The highest BCUT2D eigenvalue weighted by molar-refractivity contribution is 5.95. The lowest BCUT2D eigenvalue weighted by Gasteiger charge is -2.72. The van der Waals surface area contributed by atoms with E-state index in [4.69, 9.17) is 33.2 Å². The third-order valence-electron chi connectivity index (χ3n) is 20.9. The molecule has 430 valence electrons. The van der Waals surface area contributed by atoms with Gasteiger partial charge >= 0.3 is 5.97 Å². The minimum absolute atomic E-state index is 0.1000. The van der Waals surface area contributed by atoms with Crippen molar-refractivity contribution in [2.24, 2.45) is 50.2 Å². The molecule has 0 aromatic heterocycles. The quantitative estimate of drug-likeness (QED) is 0.0748. The molecule has 8 aliphatic rings. The van der Waals surface area contributed by atoms with Crippen molar-refractivity contribution in [3.8, 4) is 0 Å². The highest BCUT2D eigenvalue weighted by Gasteiger charge is 2.73. The van der Waals surface area contributed by atoms with E-state index in [1.165, 1.54) is 0 Å². The predicted octanol–water partition coefficient (Wildman–Crippen LogP) is 0.0718.